The van der Waals surface area contributed by atoms with Crippen LogP contribution in [0.3, 0.4) is 0 Å². The van der Waals surface area contributed by atoms with Gasteiger partial charge in [0.05, 0.1) is 0 Å². The number of ether oxygens (including phenoxy) is 1. The van der Waals surface area contributed by atoms with Crippen molar-refractivity contribution in [2.45, 2.75) is 38.6 Å². The van der Waals surface area contributed by atoms with Crippen molar-refractivity contribution in [3.8, 4) is 5.75 Å². The molecule has 0 atom stereocenters. The summed E-state index contributed by atoms with van der Waals surface area (Å²) in [6.45, 7) is 4.41. The second-order valence-electron chi connectivity index (χ2n) is 7.59. The van der Waals surface area contributed by atoms with Crippen LogP contribution in [0.25, 0.3) is 0 Å². The van der Waals surface area contributed by atoms with E-state index in [1.165, 1.54) is 11.1 Å². The van der Waals surface area contributed by atoms with E-state index >= 15 is 0 Å². The van der Waals surface area contributed by atoms with Crippen molar-refractivity contribution in [2.75, 3.05) is 26.2 Å². The zero-order valence-corrected chi connectivity index (χ0v) is 21.5. The second-order valence-corrected chi connectivity index (χ2v) is 8.02. The maximum absolute atomic E-state index is 11.7. The summed E-state index contributed by atoms with van der Waals surface area (Å²) in [5.74, 6) is 1.47. The van der Waals surface area contributed by atoms with Gasteiger partial charge in [-0.1, -0.05) is 35.9 Å². The van der Waals surface area contributed by atoms with E-state index < -0.39 is 0 Å². The molecule has 0 heterocycles. The Kier molecular flexibility index (Phi) is 11.7. The van der Waals surface area contributed by atoms with Crippen LogP contribution in [0.15, 0.2) is 53.5 Å². The molecule has 0 aromatic heterocycles. The third-order valence-electron chi connectivity index (χ3n) is 4.87. The van der Waals surface area contributed by atoms with Crippen molar-refractivity contribution in [3.63, 3.8) is 0 Å². The summed E-state index contributed by atoms with van der Waals surface area (Å²) in [6, 6.07) is 16.1. The summed E-state index contributed by atoms with van der Waals surface area (Å²) in [4.78, 5) is 16.3. The highest BCUT2D eigenvalue weighted by Gasteiger charge is 2.23. The van der Waals surface area contributed by atoms with Gasteiger partial charge in [0.2, 0.25) is 0 Å². The minimum atomic E-state index is -0.0536. The van der Waals surface area contributed by atoms with Crippen molar-refractivity contribution in [1.82, 2.24) is 16.0 Å². The van der Waals surface area contributed by atoms with E-state index in [-0.39, 0.29) is 36.5 Å². The smallest absolute Gasteiger partial charge is 0.258 e. The molecule has 1 fully saturated rings. The topological polar surface area (TPSA) is 74.8 Å². The standard InChI is InChI=1S/C24H31ClN4O2.HI/c1-2-26-24(27-15-13-18-3-7-20(25)8-4-18)28-16-14-19-5-11-22(12-6-19)31-17-23(30)29-21-9-10-21;/h3-8,11-12,21H,2,9-10,13-17H2,1H3,(H,29,30)(H2,26,27,28);1H. The number of halogens is 2. The molecule has 174 valence electrons. The average Bonchev–Trinajstić information content (AvgIpc) is 3.58. The van der Waals surface area contributed by atoms with Gasteiger partial charge in [0.1, 0.15) is 5.75 Å². The number of carbonyl (C=O) groups excluding carboxylic acids is 1. The van der Waals surface area contributed by atoms with Crippen LogP contribution in [0.5, 0.6) is 5.75 Å². The third-order valence-corrected chi connectivity index (χ3v) is 5.12. The summed E-state index contributed by atoms with van der Waals surface area (Å²) in [6.07, 6.45) is 3.89. The Morgan fingerprint density at radius 2 is 1.69 bits per heavy atom. The van der Waals surface area contributed by atoms with Gasteiger partial charge < -0.3 is 20.7 Å². The minimum Gasteiger partial charge on any atom is -0.484 e. The lowest BCUT2D eigenvalue weighted by atomic mass is 10.1. The molecule has 1 amide bonds. The molecular formula is C24H32ClIN4O2. The molecule has 1 saturated carbocycles. The molecule has 3 N–H and O–H groups in total. The average molecular weight is 571 g/mol. The molecule has 1 aliphatic rings. The van der Waals surface area contributed by atoms with Gasteiger partial charge in [-0.3, -0.25) is 9.79 Å². The largest absolute Gasteiger partial charge is 0.484 e. The van der Waals surface area contributed by atoms with Crippen LogP contribution in [0.2, 0.25) is 5.02 Å². The molecule has 2 aromatic carbocycles. The fourth-order valence-corrected chi connectivity index (χ4v) is 3.14. The Balaban J connectivity index is 0.00000363. The maximum atomic E-state index is 11.7. The van der Waals surface area contributed by atoms with Crippen molar-refractivity contribution in [3.05, 3.63) is 64.7 Å². The Labute approximate surface area is 212 Å². The molecule has 0 spiro atoms. The summed E-state index contributed by atoms with van der Waals surface area (Å²) in [5, 5.41) is 10.3. The molecule has 3 rings (SSSR count). The van der Waals surface area contributed by atoms with Gasteiger partial charge in [0.15, 0.2) is 12.6 Å². The van der Waals surface area contributed by atoms with Crippen molar-refractivity contribution in [2.24, 2.45) is 4.99 Å². The zero-order valence-electron chi connectivity index (χ0n) is 18.4. The number of amides is 1. The first-order chi connectivity index (χ1) is 15.1. The molecule has 0 radical (unpaired) electrons. The number of hydrogen-bond donors (Lipinski definition) is 3. The number of nitrogens with one attached hydrogen (secondary N) is 3. The van der Waals surface area contributed by atoms with E-state index in [1.807, 2.05) is 48.5 Å². The molecule has 8 heteroatoms. The van der Waals surface area contributed by atoms with Crippen LogP contribution in [0.1, 0.15) is 30.9 Å². The van der Waals surface area contributed by atoms with Gasteiger partial charge in [-0.15, -0.1) is 24.0 Å². The first-order valence-corrected chi connectivity index (χ1v) is 11.3. The summed E-state index contributed by atoms with van der Waals surface area (Å²) >= 11 is 5.93. The lowest BCUT2D eigenvalue weighted by Gasteiger charge is -2.12. The number of hydrogen-bond acceptors (Lipinski definition) is 3. The number of guanidine groups is 1. The Hall–Kier alpha value is -2.00. The lowest BCUT2D eigenvalue weighted by molar-refractivity contribution is -0.123. The van der Waals surface area contributed by atoms with Crippen LogP contribution < -0.4 is 20.7 Å². The van der Waals surface area contributed by atoms with E-state index in [0.717, 1.165) is 49.8 Å². The van der Waals surface area contributed by atoms with Crippen LogP contribution in [0.4, 0.5) is 0 Å². The third kappa shape index (κ3) is 10.1. The number of benzene rings is 2. The number of aliphatic imine (C=N–C) groups is 1. The SMILES string of the molecule is CCNC(=NCCc1ccc(Cl)cc1)NCCc1ccc(OCC(=O)NC2CC2)cc1.I. The number of nitrogens with zero attached hydrogens (tertiary/aromatic N) is 1. The van der Waals surface area contributed by atoms with E-state index in [2.05, 4.69) is 27.9 Å². The van der Waals surface area contributed by atoms with E-state index in [1.54, 1.807) is 0 Å². The highest BCUT2D eigenvalue weighted by Crippen LogP contribution is 2.18. The predicted molar refractivity (Wildman–Crippen MR) is 141 cm³/mol. The van der Waals surface area contributed by atoms with Crippen molar-refractivity contribution < 1.29 is 9.53 Å². The van der Waals surface area contributed by atoms with Crippen LogP contribution in [0, 0.1) is 0 Å². The Bertz CT molecular complexity index is 855. The van der Waals surface area contributed by atoms with Crippen LogP contribution in [-0.4, -0.2) is 44.1 Å². The zero-order chi connectivity index (χ0) is 21.9. The van der Waals surface area contributed by atoms with Crippen molar-refractivity contribution in [1.29, 1.82) is 0 Å². The fraction of sp³-hybridized carbons (Fsp3) is 0.417. The van der Waals surface area contributed by atoms with E-state index in [4.69, 9.17) is 16.3 Å². The second kappa shape index (κ2) is 14.2. The molecule has 0 saturated heterocycles. The monoisotopic (exact) mass is 570 g/mol. The van der Waals surface area contributed by atoms with E-state index in [0.29, 0.717) is 18.3 Å². The van der Waals surface area contributed by atoms with Gasteiger partial charge in [0, 0.05) is 30.7 Å². The minimum absolute atomic E-state index is 0. The number of carbonyl (C=O) groups is 1. The molecular weight excluding hydrogens is 539 g/mol. The molecule has 0 bridgehead atoms. The maximum Gasteiger partial charge on any atom is 0.258 e. The summed E-state index contributed by atoms with van der Waals surface area (Å²) < 4.78 is 5.55. The van der Waals surface area contributed by atoms with Gasteiger partial charge in [0.25, 0.3) is 5.91 Å². The molecule has 32 heavy (non-hydrogen) atoms. The Morgan fingerprint density at radius 1 is 1.03 bits per heavy atom. The fourth-order valence-electron chi connectivity index (χ4n) is 3.01. The molecule has 2 aromatic rings. The molecule has 0 unspecified atom stereocenters. The highest BCUT2D eigenvalue weighted by atomic mass is 127. The van der Waals surface area contributed by atoms with Gasteiger partial charge in [-0.05, 0) is 68.0 Å². The van der Waals surface area contributed by atoms with Crippen LogP contribution >= 0.6 is 35.6 Å². The first kappa shape index (κ1) is 26.3. The molecule has 6 nitrogen and oxygen atoms in total. The van der Waals surface area contributed by atoms with Crippen molar-refractivity contribution >= 4 is 47.4 Å². The first-order valence-electron chi connectivity index (χ1n) is 10.9. The van der Waals surface area contributed by atoms with Gasteiger partial charge in [-0.2, -0.15) is 0 Å². The summed E-state index contributed by atoms with van der Waals surface area (Å²) in [5.41, 5.74) is 2.41. The van der Waals surface area contributed by atoms with Gasteiger partial charge >= 0.3 is 0 Å². The number of rotatable bonds is 11. The van der Waals surface area contributed by atoms with Crippen LogP contribution in [-0.2, 0) is 17.6 Å². The quantitative estimate of drug-likeness (QED) is 0.217. The lowest BCUT2D eigenvalue weighted by Crippen LogP contribution is -2.38. The molecule has 1 aliphatic carbocycles. The molecule has 0 aliphatic heterocycles. The van der Waals surface area contributed by atoms with Gasteiger partial charge in [-0.25, -0.2) is 0 Å². The summed E-state index contributed by atoms with van der Waals surface area (Å²) in [7, 11) is 0. The predicted octanol–water partition coefficient (Wildman–Crippen LogP) is 3.96. The van der Waals surface area contributed by atoms with E-state index in [9.17, 15) is 4.79 Å². The highest BCUT2D eigenvalue weighted by molar-refractivity contribution is 14.0. The Morgan fingerprint density at radius 3 is 2.34 bits per heavy atom. The normalized spacial score (nSPS) is 13.1.